The van der Waals surface area contributed by atoms with Crippen molar-refractivity contribution < 1.29 is 9.13 Å². The fraction of sp³-hybridized carbons (Fsp3) is 0.625. The predicted molar refractivity (Wildman–Crippen MR) is 77.9 cm³/mol. The monoisotopic (exact) mass is 267 g/mol. The van der Waals surface area contributed by atoms with Gasteiger partial charge < -0.3 is 10.1 Å². The van der Waals surface area contributed by atoms with E-state index in [9.17, 15) is 4.39 Å². The molecule has 0 fully saturated rings. The van der Waals surface area contributed by atoms with Gasteiger partial charge in [-0.2, -0.15) is 0 Å². The maximum atomic E-state index is 13.0. The number of unbranched alkanes of at least 4 members (excludes halogenated alkanes) is 1. The highest BCUT2D eigenvalue weighted by Gasteiger charge is 2.03. The fourth-order valence-electron chi connectivity index (χ4n) is 1.96. The molecule has 0 spiro atoms. The molecule has 1 unspecified atom stereocenters. The van der Waals surface area contributed by atoms with E-state index in [1.54, 1.807) is 12.1 Å². The third-order valence-electron chi connectivity index (χ3n) is 3.03. The van der Waals surface area contributed by atoms with Crippen molar-refractivity contribution in [2.75, 3.05) is 19.8 Å². The highest BCUT2D eigenvalue weighted by atomic mass is 19.1. The van der Waals surface area contributed by atoms with Crippen molar-refractivity contribution in [3.05, 3.63) is 35.6 Å². The van der Waals surface area contributed by atoms with Gasteiger partial charge in [-0.15, -0.1) is 0 Å². The minimum absolute atomic E-state index is 0.158. The number of hydrogen-bond acceptors (Lipinski definition) is 2. The summed E-state index contributed by atoms with van der Waals surface area (Å²) in [4.78, 5) is 0. The van der Waals surface area contributed by atoms with Crippen LogP contribution in [0.3, 0.4) is 0 Å². The Morgan fingerprint density at radius 1 is 1.26 bits per heavy atom. The van der Waals surface area contributed by atoms with Crippen molar-refractivity contribution in [1.29, 1.82) is 0 Å². The smallest absolute Gasteiger partial charge is 0.123 e. The van der Waals surface area contributed by atoms with Crippen molar-refractivity contribution >= 4 is 0 Å². The van der Waals surface area contributed by atoms with Gasteiger partial charge in [0.1, 0.15) is 5.82 Å². The quantitative estimate of drug-likeness (QED) is 0.655. The maximum absolute atomic E-state index is 13.0. The first-order chi connectivity index (χ1) is 9.22. The molecule has 0 amide bonds. The van der Waals surface area contributed by atoms with Gasteiger partial charge in [0.15, 0.2) is 0 Å². The molecule has 0 radical (unpaired) electrons. The molecule has 3 heteroatoms. The Balaban J connectivity index is 2.06. The first kappa shape index (κ1) is 16.1. The summed E-state index contributed by atoms with van der Waals surface area (Å²) in [6, 6.07) is 7.17. The van der Waals surface area contributed by atoms with Crippen molar-refractivity contribution in [1.82, 2.24) is 5.32 Å². The van der Waals surface area contributed by atoms with E-state index in [0.717, 1.165) is 44.6 Å². The van der Waals surface area contributed by atoms with Gasteiger partial charge >= 0.3 is 0 Å². The molecule has 0 saturated heterocycles. The largest absolute Gasteiger partial charge is 0.381 e. The molecule has 108 valence electrons. The third kappa shape index (κ3) is 7.96. The number of nitrogens with one attached hydrogen (secondary N) is 1. The molecule has 1 atom stereocenters. The van der Waals surface area contributed by atoms with Crippen LogP contribution in [0.4, 0.5) is 4.39 Å². The molecule has 19 heavy (non-hydrogen) atoms. The van der Waals surface area contributed by atoms with E-state index in [0.29, 0.717) is 6.04 Å². The average molecular weight is 267 g/mol. The zero-order valence-corrected chi connectivity index (χ0v) is 12.1. The van der Waals surface area contributed by atoms with Crippen LogP contribution in [0.2, 0.25) is 0 Å². The van der Waals surface area contributed by atoms with Crippen LogP contribution < -0.4 is 5.32 Å². The van der Waals surface area contributed by atoms with Crippen LogP contribution in [0, 0.1) is 5.82 Å². The van der Waals surface area contributed by atoms with Gasteiger partial charge in [-0.25, -0.2) is 4.39 Å². The number of ether oxygens (including phenoxy) is 1. The standard InChI is InChI=1S/C16H26FNO/c1-3-4-10-19-11-6-9-18-14(2)12-15-7-5-8-16(17)13-15/h5,7-8,13-14,18H,3-4,6,9-12H2,1-2H3. The molecule has 0 heterocycles. The molecule has 0 saturated carbocycles. The van der Waals surface area contributed by atoms with E-state index in [2.05, 4.69) is 19.2 Å². The van der Waals surface area contributed by atoms with Gasteiger partial charge in [-0.05, 0) is 50.4 Å². The molecule has 2 nitrogen and oxygen atoms in total. The molecular formula is C16H26FNO. The van der Waals surface area contributed by atoms with Gasteiger partial charge in [0.05, 0.1) is 0 Å². The molecule has 1 rings (SSSR count). The Bertz CT molecular complexity index is 343. The van der Waals surface area contributed by atoms with E-state index in [1.165, 1.54) is 12.5 Å². The molecule has 1 aromatic rings. The Kier molecular flexibility index (Phi) is 8.43. The lowest BCUT2D eigenvalue weighted by Crippen LogP contribution is -2.29. The van der Waals surface area contributed by atoms with Gasteiger partial charge in [0.25, 0.3) is 0 Å². The van der Waals surface area contributed by atoms with E-state index < -0.39 is 0 Å². The zero-order chi connectivity index (χ0) is 13.9. The zero-order valence-electron chi connectivity index (χ0n) is 12.1. The normalized spacial score (nSPS) is 12.6. The van der Waals surface area contributed by atoms with Crippen LogP contribution in [0.15, 0.2) is 24.3 Å². The molecular weight excluding hydrogens is 241 g/mol. The Hall–Kier alpha value is -0.930. The van der Waals surface area contributed by atoms with E-state index in [4.69, 9.17) is 4.74 Å². The average Bonchev–Trinajstić information content (AvgIpc) is 2.37. The Morgan fingerprint density at radius 2 is 2.05 bits per heavy atom. The van der Waals surface area contributed by atoms with Crippen LogP contribution >= 0.6 is 0 Å². The van der Waals surface area contributed by atoms with Crippen molar-refractivity contribution in [2.24, 2.45) is 0 Å². The molecule has 1 aromatic carbocycles. The number of hydrogen-bond donors (Lipinski definition) is 1. The Morgan fingerprint density at radius 3 is 2.79 bits per heavy atom. The van der Waals surface area contributed by atoms with Crippen molar-refractivity contribution in [3.8, 4) is 0 Å². The highest BCUT2D eigenvalue weighted by Crippen LogP contribution is 2.06. The van der Waals surface area contributed by atoms with Crippen LogP contribution in [0.1, 0.15) is 38.7 Å². The molecule has 0 bridgehead atoms. The van der Waals surface area contributed by atoms with E-state index >= 15 is 0 Å². The summed E-state index contributed by atoms with van der Waals surface area (Å²) in [5.41, 5.74) is 1.04. The highest BCUT2D eigenvalue weighted by molar-refractivity contribution is 5.17. The van der Waals surface area contributed by atoms with Gasteiger partial charge in [-0.1, -0.05) is 25.5 Å². The second-order valence-electron chi connectivity index (χ2n) is 5.01. The number of halogens is 1. The summed E-state index contributed by atoms with van der Waals surface area (Å²) < 4.78 is 18.5. The lowest BCUT2D eigenvalue weighted by atomic mass is 10.1. The molecule has 0 aromatic heterocycles. The van der Waals surface area contributed by atoms with Crippen LogP contribution in [-0.2, 0) is 11.2 Å². The predicted octanol–water partition coefficient (Wildman–Crippen LogP) is 3.55. The minimum atomic E-state index is -0.158. The summed E-state index contributed by atoms with van der Waals surface area (Å²) in [5, 5.41) is 3.44. The van der Waals surface area contributed by atoms with Crippen LogP contribution in [0.25, 0.3) is 0 Å². The van der Waals surface area contributed by atoms with Gasteiger partial charge in [0, 0.05) is 19.3 Å². The first-order valence-electron chi connectivity index (χ1n) is 7.28. The minimum Gasteiger partial charge on any atom is -0.381 e. The van der Waals surface area contributed by atoms with E-state index in [-0.39, 0.29) is 5.82 Å². The molecule has 1 N–H and O–H groups in total. The van der Waals surface area contributed by atoms with Crippen LogP contribution in [0.5, 0.6) is 0 Å². The SMILES string of the molecule is CCCCOCCCNC(C)Cc1cccc(F)c1. The summed E-state index contributed by atoms with van der Waals surface area (Å²) in [6.45, 7) is 6.93. The second-order valence-corrected chi connectivity index (χ2v) is 5.01. The fourth-order valence-corrected chi connectivity index (χ4v) is 1.96. The molecule has 0 aliphatic heterocycles. The van der Waals surface area contributed by atoms with E-state index in [1.807, 2.05) is 6.07 Å². The van der Waals surface area contributed by atoms with Gasteiger partial charge in [-0.3, -0.25) is 0 Å². The third-order valence-corrected chi connectivity index (χ3v) is 3.03. The summed E-state index contributed by atoms with van der Waals surface area (Å²) >= 11 is 0. The molecule has 0 aliphatic carbocycles. The summed E-state index contributed by atoms with van der Waals surface area (Å²) in [5.74, 6) is -0.158. The maximum Gasteiger partial charge on any atom is 0.123 e. The summed E-state index contributed by atoms with van der Waals surface area (Å²) in [6.07, 6.45) is 4.21. The van der Waals surface area contributed by atoms with Crippen LogP contribution in [-0.4, -0.2) is 25.8 Å². The number of rotatable bonds is 10. The molecule has 0 aliphatic rings. The first-order valence-corrected chi connectivity index (χ1v) is 7.28. The lowest BCUT2D eigenvalue weighted by molar-refractivity contribution is 0.128. The van der Waals surface area contributed by atoms with Crippen molar-refractivity contribution in [2.45, 2.75) is 45.6 Å². The second kappa shape index (κ2) is 9.93. The lowest BCUT2D eigenvalue weighted by Gasteiger charge is -2.14. The Labute approximate surface area is 116 Å². The summed E-state index contributed by atoms with van der Waals surface area (Å²) in [7, 11) is 0. The number of benzene rings is 1. The topological polar surface area (TPSA) is 21.3 Å². The van der Waals surface area contributed by atoms with Crippen molar-refractivity contribution in [3.63, 3.8) is 0 Å². The van der Waals surface area contributed by atoms with Gasteiger partial charge in [0.2, 0.25) is 0 Å².